The predicted octanol–water partition coefficient (Wildman–Crippen LogP) is 30.2. The third-order valence-corrected chi connectivity index (χ3v) is 37.0. The number of hydrogen-bond acceptors (Lipinski definition) is 4. The summed E-state index contributed by atoms with van der Waals surface area (Å²) >= 11 is 4.19. The summed E-state index contributed by atoms with van der Waals surface area (Å²) in [5, 5.41) is 2.60. The molecule has 1 aliphatic carbocycles. The Morgan fingerprint density at radius 1 is 0.283 bits per heavy atom. The van der Waals surface area contributed by atoms with Crippen molar-refractivity contribution in [2.24, 2.45) is 0 Å². The zero-order valence-corrected chi connectivity index (χ0v) is 81.4. The van der Waals surface area contributed by atoms with Crippen LogP contribution in [-0.2, 0) is 91.7 Å². The molecule has 2 nitrogen and oxygen atoms in total. The maximum atomic E-state index is 5.88. The summed E-state index contributed by atoms with van der Waals surface area (Å²) in [4.78, 5) is 15.5. The number of rotatable bonds is 16. The zero-order valence-electron chi connectivity index (χ0n) is 75.6. The molecule has 120 heavy (non-hydrogen) atoms. The molecule has 2 saturated heterocycles. The summed E-state index contributed by atoms with van der Waals surface area (Å²) in [6.45, 7) is 42.2. The van der Waals surface area contributed by atoms with Gasteiger partial charge in [-0.2, -0.15) is 23.5 Å². The van der Waals surface area contributed by atoms with Gasteiger partial charge in [0.15, 0.2) is 53.9 Å². The summed E-state index contributed by atoms with van der Waals surface area (Å²) < 4.78 is 10.9. The highest BCUT2D eigenvalue weighted by atomic mass is 32.2. The molecule has 12 aromatic carbocycles. The van der Waals surface area contributed by atoms with Crippen LogP contribution < -0.4 is 4.74 Å². The van der Waals surface area contributed by atoms with E-state index < -0.39 is 0 Å². The van der Waals surface area contributed by atoms with E-state index in [0.717, 1.165) is 11.7 Å². The summed E-state index contributed by atoms with van der Waals surface area (Å²) in [5.41, 5.74) is 11.0. The van der Waals surface area contributed by atoms with E-state index in [2.05, 4.69) is 445 Å². The number of thioether (sulfide) groups is 2. The molecule has 15 rings (SSSR count). The third-order valence-electron chi connectivity index (χ3n) is 22.6. The van der Waals surface area contributed by atoms with Crippen molar-refractivity contribution in [3.63, 3.8) is 0 Å². The summed E-state index contributed by atoms with van der Waals surface area (Å²) in [5.74, 6) is 12.5. The van der Waals surface area contributed by atoms with E-state index in [1.54, 1.807) is 12.0 Å². The van der Waals surface area contributed by atoms with Gasteiger partial charge in [0.2, 0.25) is 0 Å². The molecule has 2 aliphatic heterocycles. The molecule has 0 bridgehead atoms. The molecule has 0 unspecified atom stereocenters. The lowest BCUT2D eigenvalue weighted by atomic mass is 9.84. The van der Waals surface area contributed by atoms with Crippen molar-refractivity contribution in [2.45, 2.75) is 249 Å². The SMILES string of the molecule is CC(C)(C)c1ccc([S+](c2ccc(C(C)(C)C)cc2)c2ccc(C(C)(C)C)cc2)cc1.CC(C)(C)c1ccc([S+](c2ccccc2)c2ccc(C(C)(C)C)cc2)cc1.CC(C)(C)c1ccc([S+]2CCSCC2)cc1.COCCOc1ccc([S+]2CCSCC2)c2ccccc12.c1ccc([S+](c2ccccc2)c2ccc(C3CCCCC3)cc2)cc1. The molecule has 9 heteroatoms. The molecule has 0 amide bonds. The number of benzene rings is 12. The van der Waals surface area contributed by atoms with Crippen LogP contribution in [0.4, 0.5) is 0 Å². The molecule has 3 aliphatic rings. The van der Waals surface area contributed by atoms with Crippen LogP contribution in [-0.4, -0.2) is 66.3 Å². The second-order valence-electron chi connectivity index (χ2n) is 37.9. The highest BCUT2D eigenvalue weighted by Gasteiger charge is 2.35. The van der Waals surface area contributed by atoms with Crippen molar-refractivity contribution < 1.29 is 9.47 Å². The molecule has 0 N–H and O–H groups in total. The van der Waals surface area contributed by atoms with Gasteiger partial charge in [0.1, 0.15) is 35.4 Å². The van der Waals surface area contributed by atoms with E-state index >= 15 is 0 Å². The Hall–Kier alpha value is -6.89. The van der Waals surface area contributed by atoms with Crippen LogP contribution in [0.5, 0.6) is 5.75 Å². The van der Waals surface area contributed by atoms with E-state index in [-0.39, 0.29) is 65.2 Å². The van der Waals surface area contributed by atoms with E-state index in [4.69, 9.17) is 9.47 Å². The second-order valence-corrected chi connectivity index (χ2v) is 50.9. The molecule has 0 aromatic heterocycles. The number of fused-ring (bicyclic) bond motifs is 1. The van der Waals surface area contributed by atoms with Crippen LogP contribution >= 0.6 is 23.5 Å². The van der Waals surface area contributed by atoms with Crippen molar-refractivity contribution in [2.75, 3.05) is 66.3 Å². The highest BCUT2D eigenvalue weighted by molar-refractivity contribution is 8.05. The van der Waals surface area contributed by atoms with Gasteiger partial charge in [-0.3, -0.25) is 0 Å². The quantitative estimate of drug-likeness (QED) is 0.0709. The molecule has 2 heterocycles. The lowest BCUT2D eigenvalue weighted by molar-refractivity contribution is 0.147. The lowest BCUT2D eigenvalue weighted by Crippen LogP contribution is -2.21. The molecule has 630 valence electrons. The van der Waals surface area contributed by atoms with E-state index in [1.165, 1.54) is 177 Å². The lowest BCUT2D eigenvalue weighted by Gasteiger charge is -2.22. The van der Waals surface area contributed by atoms with Crippen molar-refractivity contribution >= 4 is 88.8 Å². The van der Waals surface area contributed by atoms with E-state index in [9.17, 15) is 0 Å². The molecule has 3 fully saturated rings. The van der Waals surface area contributed by atoms with Gasteiger partial charge in [-0.1, -0.05) is 302 Å². The number of hydrogen-bond donors (Lipinski definition) is 0. The third kappa shape index (κ3) is 26.8. The summed E-state index contributed by atoms with van der Waals surface area (Å²) in [6, 6.07) is 111. The number of ether oxygens (including phenoxy) is 2. The Balaban J connectivity index is 0.000000149. The first-order chi connectivity index (χ1) is 57.3. The fourth-order valence-corrected chi connectivity index (χ4v) is 29.5. The van der Waals surface area contributed by atoms with Gasteiger partial charge in [-0.15, -0.1) is 0 Å². The topological polar surface area (TPSA) is 18.5 Å². The van der Waals surface area contributed by atoms with Gasteiger partial charge in [0, 0.05) is 62.7 Å². The summed E-state index contributed by atoms with van der Waals surface area (Å²) in [6.07, 6.45) is 6.93. The minimum absolute atomic E-state index is 0.0278. The first-order valence-corrected chi connectivity index (χ1v) is 52.7. The van der Waals surface area contributed by atoms with Crippen molar-refractivity contribution in [3.05, 3.63) is 336 Å². The zero-order chi connectivity index (χ0) is 85.7. The smallest absolute Gasteiger partial charge is 0.166 e. The van der Waals surface area contributed by atoms with Gasteiger partial charge in [-0.05, 0) is 230 Å². The standard InChI is InChI=1S/C30H39S.C26H31S.C24H25S.C17H21O2S2.C14H21S2/c1-28(2,3)22-10-16-25(17-11-22)31(26-18-12-23(13-19-26)29(4,5)6)27-20-14-24(15-21-27)30(7,8)9;1-25(2,3)20-12-16-23(17-13-20)27(22-10-8-7-9-11-22)24-18-14-21(15-19-24)26(4,5)6;1-4-10-20(11-5-1)21-16-18-24(19-17-21)25(22-12-6-2-7-13-22)23-14-8-3-9-15-23;1-18-8-9-19-16-6-7-17(21-12-10-20-11-13-21)15-5-3-2-4-14(15)16;1-14(2,3)12-4-6-13(7-5-12)16-10-8-15-9-11-16/h10-21H,1-9H3;7-19H,1-6H3;2-3,6-9,12-20H,1,4-5,10-11H2;2-7H,8-13H2,1H3;4-7H,8-11H2,1-3H3/q5*+1. The largest absolute Gasteiger partial charge is 0.491 e. The normalized spacial score (nSPS) is 14.7. The predicted molar refractivity (Wildman–Crippen MR) is 536 cm³/mol. The molecular weight excluding hydrogens is 1590 g/mol. The fourth-order valence-electron chi connectivity index (χ4n) is 15.2. The van der Waals surface area contributed by atoms with Crippen LogP contribution in [0.25, 0.3) is 10.8 Å². The second kappa shape index (κ2) is 43.6. The Bertz CT molecular complexity index is 4780. The van der Waals surface area contributed by atoms with Crippen LogP contribution in [0.3, 0.4) is 0 Å². The molecule has 0 spiro atoms. The summed E-state index contributed by atoms with van der Waals surface area (Å²) in [7, 11) is 2.41. The molecule has 0 atom stereocenters. The molecule has 0 radical (unpaired) electrons. The maximum Gasteiger partial charge on any atom is 0.166 e. The monoisotopic (exact) mass is 1730 g/mol. The maximum absolute atomic E-state index is 5.88. The highest BCUT2D eigenvalue weighted by Crippen LogP contribution is 2.41. The Morgan fingerprint density at radius 2 is 0.558 bits per heavy atom. The Morgan fingerprint density at radius 3 is 0.867 bits per heavy atom. The number of methoxy groups -OCH3 is 1. The van der Waals surface area contributed by atoms with Crippen LogP contribution in [0, 0.1) is 0 Å². The Labute approximate surface area is 749 Å². The van der Waals surface area contributed by atoms with Gasteiger partial charge < -0.3 is 9.47 Å². The van der Waals surface area contributed by atoms with Crippen molar-refractivity contribution in [3.8, 4) is 5.75 Å². The first-order valence-electron chi connectivity index (χ1n) is 43.6. The minimum atomic E-state index is -0.120. The van der Waals surface area contributed by atoms with Gasteiger partial charge >= 0.3 is 0 Å². The average molecular weight is 1730 g/mol. The van der Waals surface area contributed by atoms with Gasteiger partial charge in [0.05, 0.1) is 39.3 Å². The van der Waals surface area contributed by atoms with Gasteiger partial charge in [0.25, 0.3) is 0 Å². The molecular formula is C111H137O2S7+5. The van der Waals surface area contributed by atoms with Crippen molar-refractivity contribution in [1.82, 2.24) is 0 Å². The van der Waals surface area contributed by atoms with Crippen LogP contribution in [0.1, 0.15) is 202 Å². The van der Waals surface area contributed by atoms with Crippen molar-refractivity contribution in [1.29, 1.82) is 0 Å². The first kappa shape index (κ1) is 93.8. The van der Waals surface area contributed by atoms with Crippen LogP contribution in [0.2, 0.25) is 0 Å². The van der Waals surface area contributed by atoms with Gasteiger partial charge in [-0.25, -0.2) is 0 Å². The van der Waals surface area contributed by atoms with Crippen LogP contribution in [0.15, 0.2) is 351 Å². The van der Waals surface area contributed by atoms with E-state index in [1.807, 2.05) is 0 Å². The fraction of sp³-hybridized carbons (Fsp3) is 0.369. The van der Waals surface area contributed by atoms with E-state index in [0.29, 0.717) is 35.0 Å². The average Bonchev–Trinajstić information content (AvgIpc) is 0.784. The Kier molecular flexibility index (Phi) is 34.1. The minimum Gasteiger partial charge on any atom is -0.491 e. The molecule has 1 saturated carbocycles. The molecule has 12 aromatic rings.